The van der Waals surface area contributed by atoms with Crippen LogP contribution in [0.15, 0.2) is 108 Å². The first kappa shape index (κ1) is 42.4. The van der Waals surface area contributed by atoms with E-state index in [2.05, 4.69) is 10.3 Å². The Bertz CT molecular complexity index is 2550. The van der Waals surface area contributed by atoms with Crippen LogP contribution in [-0.2, 0) is 37.4 Å². The summed E-state index contributed by atoms with van der Waals surface area (Å²) in [6.45, 7) is 2.59. The molecule has 0 aliphatic rings. The molecule has 308 valence electrons. The molecule has 6 aromatic rings. The first-order chi connectivity index (χ1) is 28.1. The summed E-state index contributed by atoms with van der Waals surface area (Å²) in [5.41, 5.74) is 3.58. The lowest BCUT2D eigenvalue weighted by Gasteiger charge is -2.24. The number of aryl methyl sites for hydroxylation is 1. The lowest BCUT2D eigenvalue weighted by atomic mass is 10.0. The fourth-order valence-corrected chi connectivity index (χ4v) is 7.41. The zero-order valence-electron chi connectivity index (χ0n) is 33.5. The summed E-state index contributed by atoms with van der Waals surface area (Å²) in [6, 6.07) is 26.4. The molecule has 6 rings (SSSR count). The summed E-state index contributed by atoms with van der Waals surface area (Å²) in [5, 5.41) is 3.28. The normalized spacial score (nSPS) is 12.2. The van der Waals surface area contributed by atoms with Gasteiger partial charge in [0, 0.05) is 45.0 Å². The maximum Gasteiger partial charge on any atom is 0.265 e. The molecule has 0 aliphatic carbocycles. The molecule has 0 aliphatic heterocycles. The second-order valence-electron chi connectivity index (χ2n) is 13.5. The van der Waals surface area contributed by atoms with Crippen LogP contribution in [0.25, 0.3) is 11.4 Å². The molecule has 1 unspecified atom stereocenters. The quantitative estimate of drug-likeness (QED) is 0.106. The van der Waals surface area contributed by atoms with Gasteiger partial charge in [-0.05, 0) is 72.1 Å². The number of anilines is 3. The maximum absolute atomic E-state index is 12.8. The molecular formula is C41H44N8O8S2. The second kappa shape index (κ2) is 18.2. The number of aromatic nitrogens is 5. The van der Waals surface area contributed by atoms with Crippen LogP contribution in [0, 0.1) is 6.92 Å². The monoisotopic (exact) mass is 840 g/mol. The van der Waals surface area contributed by atoms with Crippen LogP contribution >= 0.6 is 0 Å². The third-order valence-electron chi connectivity index (χ3n) is 8.98. The summed E-state index contributed by atoms with van der Waals surface area (Å²) in [4.78, 5) is 25.6. The fourth-order valence-electron chi connectivity index (χ4n) is 5.94. The number of benzene rings is 3. The molecule has 0 saturated carbocycles. The van der Waals surface area contributed by atoms with Gasteiger partial charge in [-0.2, -0.15) is 18.4 Å². The highest BCUT2D eigenvalue weighted by molar-refractivity contribution is 7.89. The van der Waals surface area contributed by atoms with E-state index >= 15 is 0 Å². The number of hydrogen-bond donors (Lipinski definition) is 1. The Morgan fingerprint density at radius 2 is 1.31 bits per heavy atom. The topological polar surface area (TPSA) is 188 Å². The van der Waals surface area contributed by atoms with E-state index in [0.717, 1.165) is 33.2 Å². The average Bonchev–Trinajstić information content (AvgIpc) is 3.23. The Morgan fingerprint density at radius 3 is 1.81 bits per heavy atom. The van der Waals surface area contributed by atoms with Gasteiger partial charge in [0.1, 0.15) is 29.2 Å². The molecular weight excluding hydrogens is 797 g/mol. The average molecular weight is 841 g/mol. The number of ether oxygens (including phenoxy) is 3. The standard InChI is InChI=1S/C41H44N8O8S2/c1-27-44-40(47-41(45-27)49(25-28-8-15-33(54-4)16-9-28)26-29-10-17-34(55-5)18-11-29)36-22-31(23-43-39(36)46-32-14-21-37(56-6)42-24-32)38(57-58(7,50)51)30-12-19-35(20-13-30)59(52,53)48(2)3/h8-24,38H,25-26H2,1-7H3,(H,43,46). The van der Waals surface area contributed by atoms with Crippen LogP contribution in [0.3, 0.4) is 0 Å². The Labute approximate surface area is 344 Å². The van der Waals surface area contributed by atoms with Crippen molar-refractivity contribution in [1.29, 1.82) is 0 Å². The Balaban J connectivity index is 1.49. The lowest BCUT2D eigenvalue weighted by molar-refractivity contribution is 0.256. The minimum Gasteiger partial charge on any atom is -0.497 e. The zero-order chi connectivity index (χ0) is 42.3. The SMILES string of the molecule is COc1ccc(CN(Cc2ccc(OC)cc2)c2nc(C)nc(-c3cc(C(OS(C)(=O)=O)c4ccc(S(=O)(=O)N(C)C)cc4)cnc3Nc3ccc(OC)nc3)n2)cc1. The van der Waals surface area contributed by atoms with Gasteiger partial charge >= 0.3 is 0 Å². The number of methoxy groups -OCH3 is 3. The molecule has 16 nitrogen and oxygen atoms in total. The zero-order valence-corrected chi connectivity index (χ0v) is 35.2. The van der Waals surface area contributed by atoms with Crippen molar-refractivity contribution in [2.24, 2.45) is 0 Å². The highest BCUT2D eigenvalue weighted by Crippen LogP contribution is 2.35. The smallest absolute Gasteiger partial charge is 0.265 e. The van der Waals surface area contributed by atoms with Crippen molar-refractivity contribution in [1.82, 2.24) is 29.2 Å². The van der Waals surface area contributed by atoms with Gasteiger partial charge in [0.2, 0.25) is 21.9 Å². The molecule has 0 fully saturated rings. The molecule has 0 saturated heterocycles. The van der Waals surface area contributed by atoms with Gasteiger partial charge in [-0.25, -0.2) is 27.7 Å². The van der Waals surface area contributed by atoms with Crippen molar-refractivity contribution >= 4 is 37.6 Å². The van der Waals surface area contributed by atoms with Gasteiger partial charge < -0.3 is 24.4 Å². The summed E-state index contributed by atoms with van der Waals surface area (Å²) in [5.74, 6) is 3.18. The van der Waals surface area contributed by atoms with Crippen molar-refractivity contribution in [3.05, 3.63) is 131 Å². The van der Waals surface area contributed by atoms with Crippen LogP contribution in [0.1, 0.15) is 34.2 Å². The van der Waals surface area contributed by atoms with E-state index in [1.54, 1.807) is 45.5 Å². The van der Waals surface area contributed by atoms with E-state index in [1.807, 2.05) is 53.4 Å². The predicted octanol–water partition coefficient (Wildman–Crippen LogP) is 5.93. The third-order valence-corrected chi connectivity index (χ3v) is 11.3. The van der Waals surface area contributed by atoms with Crippen molar-refractivity contribution in [2.75, 3.05) is 51.9 Å². The minimum atomic E-state index is -4.06. The van der Waals surface area contributed by atoms with Gasteiger partial charge in [0.15, 0.2) is 5.82 Å². The summed E-state index contributed by atoms with van der Waals surface area (Å²) in [7, 11) is -0.224. The Morgan fingerprint density at radius 1 is 0.695 bits per heavy atom. The summed E-state index contributed by atoms with van der Waals surface area (Å²) in [6.07, 6.45) is 2.76. The van der Waals surface area contributed by atoms with E-state index in [-0.39, 0.29) is 10.7 Å². The van der Waals surface area contributed by atoms with E-state index in [1.165, 1.54) is 51.7 Å². The molecule has 18 heteroatoms. The van der Waals surface area contributed by atoms with Crippen LogP contribution in [0.2, 0.25) is 0 Å². The number of rotatable bonds is 17. The molecule has 0 bridgehead atoms. The van der Waals surface area contributed by atoms with Crippen LogP contribution in [-0.4, -0.2) is 87.7 Å². The first-order valence-corrected chi connectivity index (χ1v) is 21.3. The molecule has 3 aromatic carbocycles. The molecule has 3 aromatic heterocycles. The first-order valence-electron chi connectivity index (χ1n) is 18.1. The molecule has 0 amide bonds. The largest absolute Gasteiger partial charge is 0.497 e. The van der Waals surface area contributed by atoms with Gasteiger partial charge in [-0.3, -0.25) is 4.18 Å². The van der Waals surface area contributed by atoms with Crippen LogP contribution < -0.4 is 24.4 Å². The second-order valence-corrected chi connectivity index (χ2v) is 17.2. The van der Waals surface area contributed by atoms with Gasteiger partial charge in [0.05, 0.1) is 49.9 Å². The third kappa shape index (κ3) is 10.7. The molecule has 3 heterocycles. The van der Waals surface area contributed by atoms with Crippen LogP contribution in [0.4, 0.5) is 17.5 Å². The Hall–Kier alpha value is -6.21. The number of pyridine rings is 2. The molecule has 1 N–H and O–H groups in total. The molecule has 59 heavy (non-hydrogen) atoms. The number of nitrogens with zero attached hydrogens (tertiary/aromatic N) is 7. The van der Waals surface area contributed by atoms with E-state index in [9.17, 15) is 16.8 Å². The molecule has 1 atom stereocenters. The highest BCUT2D eigenvalue weighted by Gasteiger charge is 2.26. The van der Waals surface area contributed by atoms with Crippen molar-refractivity contribution in [3.63, 3.8) is 0 Å². The number of nitrogens with one attached hydrogen (secondary N) is 1. The maximum atomic E-state index is 12.8. The minimum absolute atomic E-state index is 0.0258. The van der Waals surface area contributed by atoms with Crippen molar-refractivity contribution in [3.8, 4) is 28.8 Å². The van der Waals surface area contributed by atoms with Gasteiger partial charge in [0.25, 0.3) is 10.1 Å². The van der Waals surface area contributed by atoms with E-state index in [4.69, 9.17) is 38.3 Å². The highest BCUT2D eigenvalue weighted by atomic mass is 32.2. The summed E-state index contributed by atoms with van der Waals surface area (Å²) < 4.78 is 73.9. The molecule has 0 spiro atoms. The predicted molar refractivity (Wildman–Crippen MR) is 223 cm³/mol. The lowest BCUT2D eigenvalue weighted by Crippen LogP contribution is -2.25. The van der Waals surface area contributed by atoms with Gasteiger partial charge in [-0.1, -0.05) is 36.4 Å². The van der Waals surface area contributed by atoms with E-state index < -0.39 is 26.2 Å². The fraction of sp³-hybridized carbons (Fsp3) is 0.244. The Kier molecular flexibility index (Phi) is 13.0. The number of sulfonamides is 1. The van der Waals surface area contributed by atoms with Crippen molar-refractivity contribution < 1.29 is 35.2 Å². The van der Waals surface area contributed by atoms with Gasteiger partial charge in [-0.15, -0.1) is 0 Å². The molecule has 0 radical (unpaired) electrons. The van der Waals surface area contributed by atoms with E-state index in [0.29, 0.717) is 58.9 Å². The van der Waals surface area contributed by atoms with Crippen LogP contribution in [0.5, 0.6) is 17.4 Å². The summed E-state index contributed by atoms with van der Waals surface area (Å²) >= 11 is 0. The van der Waals surface area contributed by atoms with Crippen molar-refractivity contribution in [2.45, 2.75) is 31.0 Å². The number of hydrogen-bond acceptors (Lipinski definition) is 15.